The molecule has 0 aliphatic carbocycles. The summed E-state index contributed by atoms with van der Waals surface area (Å²) in [5.41, 5.74) is 3.41. The summed E-state index contributed by atoms with van der Waals surface area (Å²) in [4.78, 5) is 11.1. The predicted octanol–water partition coefficient (Wildman–Crippen LogP) is 3.43. The smallest absolute Gasteiger partial charge is 0.307 e. The Bertz CT molecular complexity index is 1170. The van der Waals surface area contributed by atoms with E-state index in [0.717, 1.165) is 16.9 Å². The van der Waals surface area contributed by atoms with Gasteiger partial charge in [0.2, 0.25) is 14.2 Å². The van der Waals surface area contributed by atoms with Crippen molar-refractivity contribution in [3.8, 4) is 16.9 Å². The van der Waals surface area contributed by atoms with Crippen molar-refractivity contribution in [2.45, 2.75) is 30.4 Å². The first kappa shape index (κ1) is 20.9. The van der Waals surface area contributed by atoms with Gasteiger partial charge < -0.3 is 9.84 Å². The van der Waals surface area contributed by atoms with Crippen molar-refractivity contribution >= 4 is 27.1 Å². The number of aryl methyl sites for hydroxylation is 2. The molecule has 7 nitrogen and oxygen atoms in total. The van der Waals surface area contributed by atoms with Crippen LogP contribution in [0.3, 0.4) is 0 Å². The average molecular weight is 433 g/mol. The van der Waals surface area contributed by atoms with E-state index in [0.29, 0.717) is 33.0 Å². The van der Waals surface area contributed by atoms with Gasteiger partial charge in [-0.3, -0.25) is 4.79 Å². The highest BCUT2D eigenvalue weighted by Crippen LogP contribution is 2.35. The van der Waals surface area contributed by atoms with Crippen LogP contribution in [0.4, 0.5) is 0 Å². The van der Waals surface area contributed by atoms with Crippen LogP contribution in [0.5, 0.6) is 5.75 Å². The summed E-state index contributed by atoms with van der Waals surface area (Å²) in [5, 5.41) is 17.3. The largest absolute Gasteiger partial charge is 0.496 e. The summed E-state index contributed by atoms with van der Waals surface area (Å²) in [7, 11) is -2.16. The lowest BCUT2D eigenvalue weighted by atomic mass is 9.95. The van der Waals surface area contributed by atoms with Crippen LogP contribution in [-0.2, 0) is 26.8 Å². The molecule has 0 spiro atoms. The van der Waals surface area contributed by atoms with Gasteiger partial charge in [-0.05, 0) is 42.7 Å². The number of carboxylic acids is 1. The Morgan fingerprint density at radius 3 is 2.48 bits per heavy atom. The summed E-state index contributed by atoms with van der Waals surface area (Å²) < 4.78 is 31.2. The van der Waals surface area contributed by atoms with Crippen LogP contribution in [-0.4, -0.2) is 36.8 Å². The molecule has 3 rings (SSSR count). The highest BCUT2D eigenvalue weighted by Gasteiger charge is 2.23. The molecule has 0 fully saturated rings. The molecule has 0 saturated carbocycles. The highest BCUT2D eigenvalue weighted by atomic mass is 32.2. The second-order valence-electron chi connectivity index (χ2n) is 6.61. The van der Waals surface area contributed by atoms with Gasteiger partial charge in [0.1, 0.15) is 10.8 Å². The first-order valence-corrected chi connectivity index (χ1v) is 11.2. The van der Waals surface area contributed by atoms with E-state index in [1.807, 2.05) is 25.1 Å². The Balaban J connectivity index is 2.11. The second kappa shape index (κ2) is 8.30. The molecule has 0 aliphatic heterocycles. The lowest BCUT2D eigenvalue weighted by Gasteiger charge is -2.15. The number of hydrogen-bond acceptors (Lipinski definition) is 7. The van der Waals surface area contributed by atoms with E-state index in [2.05, 4.69) is 10.2 Å². The van der Waals surface area contributed by atoms with E-state index >= 15 is 0 Å². The van der Waals surface area contributed by atoms with Gasteiger partial charge in [0.25, 0.3) is 0 Å². The molecule has 0 bridgehead atoms. The fourth-order valence-electron chi connectivity index (χ4n) is 3.03. The van der Waals surface area contributed by atoms with Gasteiger partial charge in [-0.25, -0.2) is 8.42 Å². The predicted molar refractivity (Wildman–Crippen MR) is 110 cm³/mol. The topological polar surface area (TPSA) is 106 Å². The van der Waals surface area contributed by atoms with Gasteiger partial charge in [0, 0.05) is 5.56 Å². The SMILES string of the molecule is COc1ccc(CC(=O)O)cc1-c1ccc(C)cc1CS(=O)(=O)c1nnc(C)s1. The van der Waals surface area contributed by atoms with Crippen molar-refractivity contribution in [2.24, 2.45) is 0 Å². The number of carbonyl (C=O) groups is 1. The number of carboxylic acid groups (broad SMARTS) is 1. The van der Waals surface area contributed by atoms with Crippen molar-refractivity contribution in [2.75, 3.05) is 7.11 Å². The summed E-state index contributed by atoms with van der Waals surface area (Å²) in [6.45, 7) is 3.58. The fourth-order valence-corrected chi connectivity index (χ4v) is 5.42. The number of nitrogens with zero attached hydrogens (tertiary/aromatic N) is 2. The average Bonchev–Trinajstić information content (AvgIpc) is 3.08. The first-order chi connectivity index (χ1) is 13.7. The number of ether oxygens (including phenoxy) is 1. The monoisotopic (exact) mass is 432 g/mol. The van der Waals surface area contributed by atoms with Gasteiger partial charge in [0.15, 0.2) is 0 Å². The maximum absolute atomic E-state index is 12.9. The van der Waals surface area contributed by atoms with Crippen molar-refractivity contribution in [1.29, 1.82) is 0 Å². The minimum Gasteiger partial charge on any atom is -0.496 e. The fraction of sp³-hybridized carbons (Fsp3) is 0.250. The molecule has 0 atom stereocenters. The van der Waals surface area contributed by atoms with Crippen molar-refractivity contribution in [1.82, 2.24) is 10.2 Å². The number of aromatic nitrogens is 2. The zero-order valence-corrected chi connectivity index (χ0v) is 17.8. The Labute approximate surface area is 172 Å². The van der Waals surface area contributed by atoms with Crippen LogP contribution in [0.2, 0.25) is 0 Å². The Morgan fingerprint density at radius 1 is 1.10 bits per heavy atom. The van der Waals surface area contributed by atoms with Crippen LogP contribution < -0.4 is 4.74 Å². The molecule has 0 saturated heterocycles. The number of hydrogen-bond donors (Lipinski definition) is 1. The molecule has 1 aromatic heterocycles. The van der Waals surface area contributed by atoms with E-state index in [9.17, 15) is 13.2 Å². The summed E-state index contributed by atoms with van der Waals surface area (Å²) in [6.07, 6.45) is -0.138. The van der Waals surface area contributed by atoms with Gasteiger partial charge in [-0.15, -0.1) is 10.2 Å². The Kier molecular flexibility index (Phi) is 5.99. The quantitative estimate of drug-likeness (QED) is 0.609. The van der Waals surface area contributed by atoms with Gasteiger partial charge in [0.05, 0.1) is 19.3 Å². The molecule has 2 aromatic carbocycles. The van der Waals surface area contributed by atoms with Crippen LogP contribution in [0.1, 0.15) is 21.7 Å². The van der Waals surface area contributed by atoms with Gasteiger partial charge in [-0.1, -0.05) is 41.2 Å². The van der Waals surface area contributed by atoms with E-state index in [1.165, 1.54) is 7.11 Å². The van der Waals surface area contributed by atoms with E-state index in [1.54, 1.807) is 25.1 Å². The second-order valence-corrected chi connectivity index (χ2v) is 9.96. The zero-order chi connectivity index (χ0) is 21.2. The normalized spacial score (nSPS) is 11.4. The highest BCUT2D eigenvalue weighted by molar-refractivity contribution is 7.92. The Hall–Kier alpha value is -2.78. The molecule has 9 heteroatoms. The maximum atomic E-state index is 12.9. The molecular formula is C20H20N2O5S2. The lowest BCUT2D eigenvalue weighted by Crippen LogP contribution is -2.07. The zero-order valence-electron chi connectivity index (χ0n) is 16.2. The molecule has 1 heterocycles. The Morgan fingerprint density at radius 2 is 1.86 bits per heavy atom. The number of methoxy groups -OCH3 is 1. The summed E-state index contributed by atoms with van der Waals surface area (Å²) in [6, 6.07) is 10.6. The van der Waals surface area contributed by atoms with Gasteiger partial charge >= 0.3 is 5.97 Å². The van der Waals surface area contributed by atoms with Crippen LogP contribution >= 0.6 is 11.3 Å². The standard InChI is InChI=1S/C20H20N2O5S2/c1-12-4-6-16(17-9-14(10-19(23)24)5-7-18(17)27-3)15(8-12)11-29(25,26)20-22-21-13(2)28-20/h4-9H,10-11H2,1-3H3,(H,23,24). The molecule has 0 aliphatic rings. The third-order valence-electron chi connectivity index (χ3n) is 4.29. The van der Waals surface area contributed by atoms with Crippen molar-refractivity contribution in [3.63, 3.8) is 0 Å². The number of sulfone groups is 1. The van der Waals surface area contributed by atoms with Gasteiger partial charge in [-0.2, -0.15) is 0 Å². The molecule has 3 aromatic rings. The van der Waals surface area contributed by atoms with Crippen LogP contribution in [0.15, 0.2) is 40.7 Å². The summed E-state index contributed by atoms with van der Waals surface area (Å²) in [5.74, 6) is -0.654. The first-order valence-electron chi connectivity index (χ1n) is 8.71. The molecule has 0 radical (unpaired) electrons. The van der Waals surface area contributed by atoms with Crippen LogP contribution in [0, 0.1) is 13.8 Å². The number of aliphatic carboxylic acids is 1. The lowest BCUT2D eigenvalue weighted by molar-refractivity contribution is -0.136. The number of benzene rings is 2. The minimum absolute atomic E-state index is 0.0194. The molecular weight excluding hydrogens is 412 g/mol. The molecule has 0 amide bonds. The number of rotatable bonds is 7. The molecule has 1 N–H and O–H groups in total. The molecule has 29 heavy (non-hydrogen) atoms. The molecule has 0 unspecified atom stereocenters. The van der Waals surface area contributed by atoms with Crippen molar-refractivity contribution in [3.05, 3.63) is 58.1 Å². The molecule has 152 valence electrons. The summed E-state index contributed by atoms with van der Waals surface area (Å²) >= 11 is 1.04. The maximum Gasteiger partial charge on any atom is 0.307 e. The third-order valence-corrected chi connectivity index (χ3v) is 7.24. The van der Waals surface area contributed by atoms with E-state index in [-0.39, 0.29) is 16.5 Å². The van der Waals surface area contributed by atoms with E-state index in [4.69, 9.17) is 9.84 Å². The minimum atomic E-state index is -3.68. The van der Waals surface area contributed by atoms with E-state index < -0.39 is 15.8 Å². The third kappa shape index (κ3) is 4.80. The van der Waals surface area contributed by atoms with Crippen LogP contribution in [0.25, 0.3) is 11.1 Å². The van der Waals surface area contributed by atoms with Crippen molar-refractivity contribution < 1.29 is 23.1 Å².